The van der Waals surface area contributed by atoms with E-state index in [0.29, 0.717) is 0 Å². The fraction of sp³-hybridized carbons (Fsp3) is 0.444. The summed E-state index contributed by atoms with van der Waals surface area (Å²) in [7, 11) is 0. The molecule has 0 aliphatic heterocycles. The van der Waals surface area contributed by atoms with Gasteiger partial charge in [-0.2, -0.15) is 0 Å². The highest BCUT2D eigenvalue weighted by Gasteiger charge is 2.56. The van der Waals surface area contributed by atoms with Gasteiger partial charge < -0.3 is 5.11 Å². The Kier molecular flexibility index (Phi) is 1.51. The summed E-state index contributed by atoms with van der Waals surface area (Å²) in [6.45, 7) is 2.03. The molecule has 0 unspecified atom stereocenters. The molecule has 2 rings (SSSR count). The average Bonchev–Trinajstić information content (AvgIpc) is 2.52. The first-order chi connectivity index (χ1) is 5.64. The molecule has 2 nitrogen and oxygen atoms in total. The van der Waals surface area contributed by atoms with Crippen molar-refractivity contribution in [1.82, 2.24) is 0 Å². The van der Waals surface area contributed by atoms with Crippen molar-refractivity contribution < 1.29 is 9.90 Å². The maximum absolute atomic E-state index is 10.7. The molecule has 1 heterocycles. The third kappa shape index (κ3) is 0.966. The molecule has 64 valence electrons. The minimum Gasteiger partial charge on any atom is -0.481 e. The Morgan fingerprint density at radius 2 is 2.58 bits per heavy atom. The molecule has 1 aliphatic rings. The van der Waals surface area contributed by atoms with E-state index in [0.717, 1.165) is 6.42 Å². The van der Waals surface area contributed by atoms with Gasteiger partial charge in [0.2, 0.25) is 0 Å². The normalized spacial score (nSPS) is 33.2. The van der Waals surface area contributed by atoms with Gasteiger partial charge in [0, 0.05) is 10.3 Å². The minimum absolute atomic E-state index is 0.0694. The largest absolute Gasteiger partial charge is 0.481 e. The highest BCUT2D eigenvalue weighted by molar-refractivity contribution is 7.10. The number of carboxylic acid groups (broad SMARTS) is 1. The Balaban J connectivity index is 2.23. The molecule has 0 amide bonds. The highest BCUT2D eigenvalue weighted by atomic mass is 32.1. The van der Waals surface area contributed by atoms with Gasteiger partial charge in [0.15, 0.2) is 0 Å². The van der Waals surface area contributed by atoms with E-state index in [-0.39, 0.29) is 11.3 Å². The molecule has 2 atom stereocenters. The molecule has 1 N–H and O–H groups in total. The van der Waals surface area contributed by atoms with Crippen LogP contribution in [0.5, 0.6) is 0 Å². The van der Waals surface area contributed by atoms with Crippen LogP contribution in [0.4, 0.5) is 0 Å². The predicted molar refractivity (Wildman–Crippen MR) is 47.4 cm³/mol. The molecule has 1 saturated carbocycles. The van der Waals surface area contributed by atoms with Gasteiger partial charge >= 0.3 is 5.97 Å². The fourth-order valence-corrected chi connectivity index (χ4v) is 2.56. The molecule has 0 aromatic carbocycles. The van der Waals surface area contributed by atoms with Crippen LogP contribution in [0.2, 0.25) is 0 Å². The predicted octanol–water partition coefficient (Wildman–Crippen LogP) is 2.11. The topological polar surface area (TPSA) is 37.3 Å². The molecule has 1 aromatic rings. The number of thiophene rings is 1. The van der Waals surface area contributed by atoms with Crippen molar-refractivity contribution in [2.24, 2.45) is 5.92 Å². The zero-order chi connectivity index (χ0) is 8.77. The Labute approximate surface area is 74.8 Å². The molecular weight excluding hydrogens is 172 g/mol. The second kappa shape index (κ2) is 2.33. The van der Waals surface area contributed by atoms with E-state index in [9.17, 15) is 4.79 Å². The summed E-state index contributed by atoms with van der Waals surface area (Å²) in [6.07, 6.45) is 0.794. The number of carboxylic acids is 1. The average molecular weight is 182 g/mol. The second-order valence-electron chi connectivity index (χ2n) is 3.49. The van der Waals surface area contributed by atoms with Crippen LogP contribution in [-0.2, 0) is 10.2 Å². The highest BCUT2D eigenvalue weighted by Crippen LogP contribution is 2.55. The number of hydrogen-bond donors (Lipinski definition) is 1. The van der Waals surface area contributed by atoms with E-state index < -0.39 is 5.97 Å². The van der Waals surface area contributed by atoms with Crippen LogP contribution in [0.15, 0.2) is 17.5 Å². The van der Waals surface area contributed by atoms with Crippen molar-refractivity contribution in [3.63, 3.8) is 0 Å². The lowest BCUT2D eigenvalue weighted by Gasteiger charge is -2.04. The van der Waals surface area contributed by atoms with Gasteiger partial charge in [-0.25, -0.2) is 0 Å². The molecule has 0 saturated heterocycles. The third-order valence-corrected chi connectivity index (χ3v) is 3.77. The number of aliphatic carboxylic acids is 1. The Hall–Kier alpha value is -0.830. The SMILES string of the molecule is C[C@]1(c2cccs2)C[C@@H]1C(=O)O. The van der Waals surface area contributed by atoms with E-state index in [1.807, 2.05) is 24.4 Å². The van der Waals surface area contributed by atoms with Gasteiger partial charge in [-0.3, -0.25) is 4.79 Å². The van der Waals surface area contributed by atoms with Gasteiger partial charge in [-0.05, 0) is 17.9 Å². The smallest absolute Gasteiger partial charge is 0.307 e. The second-order valence-corrected chi connectivity index (χ2v) is 4.44. The summed E-state index contributed by atoms with van der Waals surface area (Å²) >= 11 is 1.65. The van der Waals surface area contributed by atoms with Crippen molar-refractivity contribution in [1.29, 1.82) is 0 Å². The molecule has 0 spiro atoms. The standard InChI is InChI=1S/C9H10O2S/c1-9(5-6(9)8(10)11)7-3-2-4-12-7/h2-4,6H,5H2,1H3,(H,10,11)/t6-,9+/m1/s1. The van der Waals surface area contributed by atoms with Crippen molar-refractivity contribution in [2.45, 2.75) is 18.8 Å². The monoisotopic (exact) mass is 182 g/mol. The Morgan fingerprint density at radius 3 is 3.00 bits per heavy atom. The summed E-state index contributed by atoms with van der Waals surface area (Å²) in [5.74, 6) is -0.818. The van der Waals surface area contributed by atoms with E-state index in [4.69, 9.17) is 5.11 Å². The first kappa shape index (κ1) is 7.80. The maximum Gasteiger partial charge on any atom is 0.307 e. The number of hydrogen-bond acceptors (Lipinski definition) is 2. The summed E-state index contributed by atoms with van der Waals surface area (Å²) in [5.41, 5.74) is -0.0694. The molecule has 1 aliphatic carbocycles. The number of carbonyl (C=O) groups is 1. The molecule has 0 bridgehead atoms. The molecule has 12 heavy (non-hydrogen) atoms. The van der Waals surface area contributed by atoms with Crippen molar-refractivity contribution in [2.75, 3.05) is 0 Å². The van der Waals surface area contributed by atoms with Gasteiger partial charge in [0.1, 0.15) is 0 Å². The van der Waals surface area contributed by atoms with Crippen LogP contribution in [-0.4, -0.2) is 11.1 Å². The van der Waals surface area contributed by atoms with Crippen LogP contribution in [0, 0.1) is 5.92 Å². The van der Waals surface area contributed by atoms with Crippen LogP contribution >= 0.6 is 11.3 Å². The zero-order valence-electron chi connectivity index (χ0n) is 6.78. The summed E-state index contributed by atoms with van der Waals surface area (Å²) in [4.78, 5) is 11.9. The van der Waals surface area contributed by atoms with E-state index in [2.05, 4.69) is 0 Å². The minimum atomic E-state index is -0.661. The van der Waals surface area contributed by atoms with Crippen molar-refractivity contribution in [3.8, 4) is 0 Å². The molecular formula is C9H10O2S. The molecule has 1 fully saturated rings. The summed E-state index contributed by atoms with van der Waals surface area (Å²) < 4.78 is 0. The van der Waals surface area contributed by atoms with E-state index in [1.54, 1.807) is 11.3 Å². The first-order valence-corrected chi connectivity index (χ1v) is 4.79. The summed E-state index contributed by atoms with van der Waals surface area (Å²) in [5, 5.41) is 10.8. The lowest BCUT2D eigenvalue weighted by molar-refractivity contribution is -0.138. The van der Waals surface area contributed by atoms with Crippen LogP contribution in [0.25, 0.3) is 0 Å². The lowest BCUT2D eigenvalue weighted by atomic mass is 10.1. The Morgan fingerprint density at radius 1 is 1.83 bits per heavy atom. The van der Waals surface area contributed by atoms with Crippen molar-refractivity contribution in [3.05, 3.63) is 22.4 Å². The zero-order valence-corrected chi connectivity index (χ0v) is 7.60. The summed E-state index contributed by atoms with van der Waals surface area (Å²) in [6, 6.07) is 4.00. The third-order valence-electron chi connectivity index (χ3n) is 2.62. The molecule has 1 aromatic heterocycles. The Bertz CT molecular complexity index is 304. The van der Waals surface area contributed by atoms with Gasteiger partial charge in [0.05, 0.1) is 5.92 Å². The van der Waals surface area contributed by atoms with Crippen LogP contribution < -0.4 is 0 Å². The molecule has 3 heteroatoms. The van der Waals surface area contributed by atoms with Gasteiger partial charge in [-0.15, -0.1) is 11.3 Å². The van der Waals surface area contributed by atoms with E-state index >= 15 is 0 Å². The number of rotatable bonds is 2. The fourth-order valence-electron chi connectivity index (χ4n) is 1.60. The van der Waals surface area contributed by atoms with Crippen LogP contribution in [0.1, 0.15) is 18.2 Å². The maximum atomic E-state index is 10.7. The lowest BCUT2D eigenvalue weighted by Crippen LogP contribution is -2.09. The quantitative estimate of drug-likeness (QED) is 0.760. The van der Waals surface area contributed by atoms with E-state index in [1.165, 1.54) is 4.88 Å². The van der Waals surface area contributed by atoms with Gasteiger partial charge in [0.25, 0.3) is 0 Å². The molecule has 0 radical (unpaired) electrons. The van der Waals surface area contributed by atoms with Gasteiger partial charge in [-0.1, -0.05) is 13.0 Å². The van der Waals surface area contributed by atoms with Crippen molar-refractivity contribution >= 4 is 17.3 Å². The first-order valence-electron chi connectivity index (χ1n) is 3.91. The van der Waals surface area contributed by atoms with Crippen LogP contribution in [0.3, 0.4) is 0 Å².